The predicted molar refractivity (Wildman–Crippen MR) is 149 cm³/mol. The minimum atomic E-state index is -0.281. The SMILES string of the molecule is COC(=O)N1C2CCC(C3CN(CCN(C)C)NC3C3CCCCCC3)CC2N(C(=O)OC(C)C)C[C@@H]1C. The molecule has 2 saturated carbocycles. The molecule has 4 rings (SSSR count). The summed E-state index contributed by atoms with van der Waals surface area (Å²) in [7, 11) is 5.73. The molecule has 218 valence electrons. The number of methoxy groups -OCH3 is 1. The molecule has 4 aliphatic rings. The number of ether oxygens (including phenoxy) is 2. The van der Waals surface area contributed by atoms with Crippen molar-refractivity contribution in [3.8, 4) is 0 Å². The van der Waals surface area contributed by atoms with Crippen molar-refractivity contribution in [1.29, 1.82) is 0 Å². The Bertz CT molecular complexity index is 787. The summed E-state index contributed by atoms with van der Waals surface area (Å²) in [6.07, 6.45) is 10.2. The number of amides is 2. The molecule has 0 spiro atoms. The van der Waals surface area contributed by atoms with Gasteiger partial charge in [-0.1, -0.05) is 25.7 Å². The molecule has 2 aliphatic carbocycles. The average Bonchev–Trinajstić information content (AvgIpc) is 3.11. The first-order valence-corrected chi connectivity index (χ1v) is 15.2. The van der Waals surface area contributed by atoms with E-state index in [1.165, 1.54) is 45.6 Å². The number of nitrogens with zero attached hydrogens (tertiary/aromatic N) is 4. The lowest BCUT2D eigenvalue weighted by molar-refractivity contribution is -0.0461. The van der Waals surface area contributed by atoms with Crippen molar-refractivity contribution in [1.82, 2.24) is 25.1 Å². The zero-order valence-electron chi connectivity index (χ0n) is 24.7. The fraction of sp³-hybridized carbons (Fsp3) is 0.931. The Hall–Kier alpha value is -1.58. The van der Waals surface area contributed by atoms with Crippen molar-refractivity contribution in [3.63, 3.8) is 0 Å². The van der Waals surface area contributed by atoms with E-state index in [0.717, 1.165) is 38.9 Å². The third-order valence-corrected chi connectivity index (χ3v) is 9.53. The summed E-state index contributed by atoms with van der Waals surface area (Å²) in [4.78, 5) is 32.2. The van der Waals surface area contributed by atoms with Gasteiger partial charge in [-0.15, -0.1) is 0 Å². The van der Waals surface area contributed by atoms with Crippen LogP contribution in [-0.2, 0) is 9.47 Å². The van der Waals surface area contributed by atoms with Crippen LogP contribution in [0.3, 0.4) is 0 Å². The number of rotatable bonds is 6. The highest BCUT2D eigenvalue weighted by Crippen LogP contribution is 2.43. The third-order valence-electron chi connectivity index (χ3n) is 9.53. The van der Waals surface area contributed by atoms with E-state index in [4.69, 9.17) is 9.47 Å². The molecule has 2 amide bonds. The fourth-order valence-corrected chi connectivity index (χ4v) is 7.72. The molecule has 38 heavy (non-hydrogen) atoms. The Kier molecular flexibility index (Phi) is 10.2. The second-order valence-corrected chi connectivity index (χ2v) is 12.8. The average molecular weight is 536 g/mol. The number of carbonyl (C=O) groups is 2. The van der Waals surface area contributed by atoms with Crippen LogP contribution in [0.5, 0.6) is 0 Å². The van der Waals surface area contributed by atoms with Crippen LogP contribution in [0.15, 0.2) is 0 Å². The first-order valence-electron chi connectivity index (χ1n) is 15.2. The maximum Gasteiger partial charge on any atom is 0.410 e. The molecular weight excluding hydrogens is 482 g/mol. The minimum Gasteiger partial charge on any atom is -0.453 e. The largest absolute Gasteiger partial charge is 0.453 e. The topological polar surface area (TPSA) is 77.6 Å². The molecule has 6 atom stereocenters. The molecule has 0 aromatic carbocycles. The summed E-state index contributed by atoms with van der Waals surface area (Å²) in [5.74, 6) is 1.77. The molecule has 5 unspecified atom stereocenters. The molecule has 2 aliphatic heterocycles. The van der Waals surface area contributed by atoms with Gasteiger partial charge in [-0.05, 0) is 84.7 Å². The number of carbonyl (C=O) groups excluding carboxylic acids is 2. The molecule has 0 bridgehead atoms. The van der Waals surface area contributed by atoms with Crippen LogP contribution in [0.1, 0.15) is 78.6 Å². The summed E-state index contributed by atoms with van der Waals surface area (Å²) < 4.78 is 10.9. The van der Waals surface area contributed by atoms with E-state index >= 15 is 0 Å². The monoisotopic (exact) mass is 535 g/mol. The Morgan fingerprint density at radius 1 is 0.947 bits per heavy atom. The number of piperazine rings is 1. The molecule has 0 aromatic heterocycles. The zero-order chi connectivity index (χ0) is 27.4. The van der Waals surface area contributed by atoms with Gasteiger partial charge in [0, 0.05) is 32.2 Å². The molecule has 0 aromatic rings. The maximum absolute atomic E-state index is 13.3. The first-order chi connectivity index (χ1) is 18.2. The van der Waals surface area contributed by atoms with E-state index < -0.39 is 0 Å². The van der Waals surface area contributed by atoms with Crippen molar-refractivity contribution in [2.24, 2.45) is 17.8 Å². The highest BCUT2D eigenvalue weighted by molar-refractivity contribution is 5.72. The summed E-state index contributed by atoms with van der Waals surface area (Å²) in [6.45, 7) is 9.41. The van der Waals surface area contributed by atoms with Crippen LogP contribution in [-0.4, -0.2) is 110 Å². The van der Waals surface area contributed by atoms with Crippen LogP contribution in [0.4, 0.5) is 9.59 Å². The van der Waals surface area contributed by atoms with Gasteiger partial charge in [-0.3, -0.25) is 10.3 Å². The van der Waals surface area contributed by atoms with Gasteiger partial charge in [0.1, 0.15) is 0 Å². The van der Waals surface area contributed by atoms with Crippen LogP contribution in [0, 0.1) is 17.8 Å². The molecule has 4 fully saturated rings. The smallest absolute Gasteiger partial charge is 0.410 e. The minimum absolute atomic E-state index is 0.0299. The first kappa shape index (κ1) is 29.4. The van der Waals surface area contributed by atoms with E-state index in [0.29, 0.717) is 30.3 Å². The van der Waals surface area contributed by atoms with Gasteiger partial charge in [-0.25, -0.2) is 14.6 Å². The van der Waals surface area contributed by atoms with E-state index in [2.05, 4.69) is 29.4 Å². The van der Waals surface area contributed by atoms with E-state index in [-0.39, 0.29) is 36.4 Å². The molecule has 9 heteroatoms. The molecule has 2 saturated heterocycles. The molecule has 2 heterocycles. The van der Waals surface area contributed by atoms with Crippen molar-refractivity contribution in [3.05, 3.63) is 0 Å². The Morgan fingerprint density at radius 3 is 2.29 bits per heavy atom. The summed E-state index contributed by atoms with van der Waals surface area (Å²) in [6, 6.07) is 0.319. The number of fused-ring (bicyclic) bond motifs is 1. The number of hydrogen-bond donors (Lipinski definition) is 1. The number of hydrogen-bond acceptors (Lipinski definition) is 7. The lowest BCUT2D eigenvalue weighted by atomic mass is 9.69. The van der Waals surface area contributed by atoms with E-state index in [9.17, 15) is 9.59 Å². The van der Waals surface area contributed by atoms with Gasteiger partial charge < -0.3 is 19.3 Å². The van der Waals surface area contributed by atoms with Gasteiger partial charge in [-0.2, -0.15) is 0 Å². The molecule has 0 radical (unpaired) electrons. The number of nitrogens with one attached hydrogen (secondary N) is 1. The van der Waals surface area contributed by atoms with Crippen LogP contribution < -0.4 is 5.43 Å². The Balaban J connectivity index is 1.56. The lowest BCUT2D eigenvalue weighted by Crippen LogP contribution is -2.67. The highest BCUT2D eigenvalue weighted by Gasteiger charge is 2.51. The molecule has 9 nitrogen and oxygen atoms in total. The quantitative estimate of drug-likeness (QED) is 0.512. The lowest BCUT2D eigenvalue weighted by Gasteiger charge is -2.53. The van der Waals surface area contributed by atoms with E-state index in [1.807, 2.05) is 30.6 Å². The van der Waals surface area contributed by atoms with Crippen molar-refractivity contribution in [2.45, 2.75) is 109 Å². The van der Waals surface area contributed by atoms with Crippen molar-refractivity contribution >= 4 is 12.2 Å². The number of likely N-dealkylation sites (N-methyl/N-ethyl adjacent to an activating group) is 1. The van der Waals surface area contributed by atoms with Crippen LogP contribution in [0.2, 0.25) is 0 Å². The second kappa shape index (κ2) is 13.2. The predicted octanol–water partition coefficient (Wildman–Crippen LogP) is 4.18. The standard InChI is InChI=1S/C29H53N5O4/c1-20(2)38-28(35)33-18-21(3)34(29(36)37-6)25-14-13-23(17-26(25)33)24-19-32(16-15-31(4)5)30-27(24)22-11-9-7-8-10-12-22/h20-27,30H,7-19H2,1-6H3/t21-,23?,24?,25?,26?,27?/m0/s1. The van der Waals surface area contributed by atoms with Gasteiger partial charge >= 0.3 is 12.2 Å². The van der Waals surface area contributed by atoms with Gasteiger partial charge in [0.25, 0.3) is 0 Å². The Labute approximate surface area is 230 Å². The van der Waals surface area contributed by atoms with Crippen molar-refractivity contribution < 1.29 is 19.1 Å². The zero-order valence-corrected chi connectivity index (χ0v) is 24.7. The highest BCUT2D eigenvalue weighted by atomic mass is 16.6. The Morgan fingerprint density at radius 2 is 1.66 bits per heavy atom. The summed E-state index contributed by atoms with van der Waals surface area (Å²) in [5, 5.41) is 2.47. The molecular formula is C29H53N5O4. The van der Waals surface area contributed by atoms with Gasteiger partial charge in [0.05, 0.1) is 31.3 Å². The number of hydrazine groups is 1. The summed E-state index contributed by atoms with van der Waals surface area (Å²) in [5.41, 5.74) is 3.98. The molecule has 1 N–H and O–H groups in total. The van der Waals surface area contributed by atoms with Crippen molar-refractivity contribution in [2.75, 3.05) is 47.4 Å². The summed E-state index contributed by atoms with van der Waals surface area (Å²) >= 11 is 0. The maximum atomic E-state index is 13.3. The van der Waals surface area contributed by atoms with Crippen LogP contribution in [0.25, 0.3) is 0 Å². The van der Waals surface area contributed by atoms with Gasteiger partial charge in [0.2, 0.25) is 0 Å². The fourth-order valence-electron chi connectivity index (χ4n) is 7.72. The van der Waals surface area contributed by atoms with E-state index in [1.54, 1.807) is 0 Å². The van der Waals surface area contributed by atoms with Crippen LogP contribution >= 0.6 is 0 Å². The van der Waals surface area contributed by atoms with Gasteiger partial charge in [0.15, 0.2) is 0 Å². The third kappa shape index (κ3) is 6.76. The normalized spacial score (nSPS) is 33.4. The second-order valence-electron chi connectivity index (χ2n) is 12.8.